The van der Waals surface area contributed by atoms with Crippen molar-refractivity contribution in [3.05, 3.63) is 36.6 Å². The van der Waals surface area contributed by atoms with E-state index < -0.39 is 0 Å². The molecule has 0 heterocycles. The van der Waals surface area contributed by atoms with Gasteiger partial charge in [-0.05, 0) is 19.1 Å². The molecule has 0 aliphatic rings. The Morgan fingerprint density at radius 3 is 2.46 bits per heavy atom. The number of carbonyl (C=O) groups is 1. The van der Waals surface area contributed by atoms with Crippen LogP contribution in [0.15, 0.2) is 41.6 Å². The minimum absolute atomic E-state index is 0.0480. The summed E-state index contributed by atoms with van der Waals surface area (Å²) in [7, 11) is 1.65. The highest BCUT2D eigenvalue weighted by Crippen LogP contribution is 1.96. The minimum atomic E-state index is -0.0480. The highest BCUT2D eigenvalue weighted by Gasteiger charge is 1.93. The van der Waals surface area contributed by atoms with E-state index in [0.717, 1.165) is 0 Å². The van der Waals surface area contributed by atoms with Crippen LogP contribution in [-0.2, 0) is 4.79 Å². The molecule has 0 aliphatic carbocycles. The zero-order chi connectivity index (χ0) is 10.3. The number of hydrogen-bond donors (Lipinski definition) is 1. The maximum Gasteiger partial charge on any atom is 0.159 e. The lowest BCUT2D eigenvalue weighted by Crippen LogP contribution is -2.07. The molecule has 0 aromatic heterocycles. The predicted molar refractivity (Wildman–Crippen MR) is 55.7 cm³/mol. The van der Waals surface area contributed by atoms with Gasteiger partial charge in [0.1, 0.15) is 0 Å². The number of aliphatic imine (C=N–C) groups is 1. The van der Waals surface area contributed by atoms with Crippen LogP contribution in [0.5, 0.6) is 0 Å². The second kappa shape index (κ2) is 5.94. The number of ketones is 1. The first-order valence-corrected chi connectivity index (χ1v) is 3.82. The van der Waals surface area contributed by atoms with E-state index in [2.05, 4.69) is 23.5 Å². The van der Waals surface area contributed by atoms with Gasteiger partial charge in [-0.15, -0.1) is 0 Å². The maximum atomic E-state index is 10.7. The molecular weight excluding hydrogens is 164 g/mol. The van der Waals surface area contributed by atoms with Gasteiger partial charge in [-0.2, -0.15) is 0 Å². The lowest BCUT2D eigenvalue weighted by molar-refractivity contribution is -0.113. The Labute approximate surface area is 78.6 Å². The average molecular weight is 178 g/mol. The van der Waals surface area contributed by atoms with Gasteiger partial charge in [0.25, 0.3) is 0 Å². The molecule has 0 saturated heterocycles. The fourth-order valence-electron chi connectivity index (χ4n) is 0.514. The predicted octanol–water partition coefficient (Wildman–Crippen LogP) is 1.45. The number of allylic oxidation sites excluding steroid dienone is 3. The normalized spacial score (nSPS) is 10.6. The van der Waals surface area contributed by atoms with E-state index in [1.54, 1.807) is 19.2 Å². The SMILES string of the molecule is C=C(/C=C\C(=C)C(C)=O)NC=NC. The third kappa shape index (κ3) is 5.61. The molecule has 3 heteroatoms. The van der Waals surface area contributed by atoms with Gasteiger partial charge in [-0.25, -0.2) is 0 Å². The number of nitrogens with zero attached hydrogens (tertiary/aromatic N) is 1. The molecule has 3 nitrogen and oxygen atoms in total. The zero-order valence-corrected chi connectivity index (χ0v) is 8.00. The zero-order valence-electron chi connectivity index (χ0n) is 8.00. The van der Waals surface area contributed by atoms with E-state index in [4.69, 9.17) is 0 Å². The summed E-state index contributed by atoms with van der Waals surface area (Å²) in [5, 5.41) is 2.80. The van der Waals surface area contributed by atoms with E-state index in [1.165, 1.54) is 13.3 Å². The van der Waals surface area contributed by atoms with E-state index in [0.29, 0.717) is 11.3 Å². The summed E-state index contributed by atoms with van der Waals surface area (Å²) >= 11 is 0. The summed E-state index contributed by atoms with van der Waals surface area (Å²) < 4.78 is 0. The number of carbonyl (C=O) groups excluding carboxylic acids is 1. The molecular formula is C10H14N2O. The molecule has 0 aliphatic heterocycles. The third-order valence-corrected chi connectivity index (χ3v) is 1.32. The van der Waals surface area contributed by atoms with Crippen LogP contribution in [0.25, 0.3) is 0 Å². The Balaban J connectivity index is 4.05. The summed E-state index contributed by atoms with van der Waals surface area (Å²) in [6.07, 6.45) is 4.80. The first-order valence-electron chi connectivity index (χ1n) is 3.82. The highest BCUT2D eigenvalue weighted by atomic mass is 16.1. The van der Waals surface area contributed by atoms with Gasteiger partial charge in [0.15, 0.2) is 5.78 Å². The van der Waals surface area contributed by atoms with E-state index in [9.17, 15) is 4.79 Å². The molecule has 0 aromatic carbocycles. The van der Waals surface area contributed by atoms with Crippen molar-refractivity contribution >= 4 is 12.1 Å². The van der Waals surface area contributed by atoms with Crippen LogP contribution in [0.3, 0.4) is 0 Å². The molecule has 0 amide bonds. The van der Waals surface area contributed by atoms with Crippen molar-refractivity contribution in [1.82, 2.24) is 5.32 Å². The lowest BCUT2D eigenvalue weighted by atomic mass is 10.2. The molecule has 0 atom stereocenters. The Bertz CT molecular complexity index is 275. The monoisotopic (exact) mass is 178 g/mol. The van der Waals surface area contributed by atoms with Crippen LogP contribution in [0.4, 0.5) is 0 Å². The van der Waals surface area contributed by atoms with Crippen molar-refractivity contribution in [1.29, 1.82) is 0 Å². The van der Waals surface area contributed by atoms with Crippen molar-refractivity contribution in [3.8, 4) is 0 Å². The van der Waals surface area contributed by atoms with Gasteiger partial charge in [0.2, 0.25) is 0 Å². The van der Waals surface area contributed by atoms with Crippen molar-refractivity contribution in [3.63, 3.8) is 0 Å². The summed E-state index contributed by atoms with van der Waals surface area (Å²) in [4.78, 5) is 14.5. The largest absolute Gasteiger partial charge is 0.347 e. The quantitative estimate of drug-likeness (QED) is 0.299. The van der Waals surface area contributed by atoms with Crippen molar-refractivity contribution < 1.29 is 4.79 Å². The number of hydrogen-bond acceptors (Lipinski definition) is 2. The standard InChI is InChI=1S/C10H14N2O/c1-8(10(3)13)5-6-9(2)12-7-11-4/h5-7H,1-2H2,3-4H3,(H,11,12)/b6-5-. The molecule has 0 spiro atoms. The average Bonchev–Trinajstić information content (AvgIpc) is 2.10. The Hall–Kier alpha value is -1.64. The molecule has 13 heavy (non-hydrogen) atoms. The van der Waals surface area contributed by atoms with Crippen LogP contribution in [0.2, 0.25) is 0 Å². The first-order chi connectivity index (χ1) is 6.07. The van der Waals surface area contributed by atoms with E-state index in [-0.39, 0.29) is 5.78 Å². The van der Waals surface area contributed by atoms with E-state index in [1.807, 2.05) is 0 Å². The number of nitrogens with one attached hydrogen (secondary N) is 1. The lowest BCUT2D eigenvalue weighted by Gasteiger charge is -1.97. The molecule has 0 aromatic rings. The van der Waals surface area contributed by atoms with Crippen LogP contribution < -0.4 is 5.32 Å². The molecule has 1 N–H and O–H groups in total. The van der Waals surface area contributed by atoms with Gasteiger partial charge in [-0.3, -0.25) is 9.79 Å². The van der Waals surface area contributed by atoms with Crippen molar-refractivity contribution in [2.45, 2.75) is 6.92 Å². The smallest absolute Gasteiger partial charge is 0.159 e. The third-order valence-electron chi connectivity index (χ3n) is 1.32. The van der Waals surface area contributed by atoms with Crippen LogP contribution >= 0.6 is 0 Å². The molecule has 0 fully saturated rings. The summed E-state index contributed by atoms with van der Waals surface area (Å²) in [5.41, 5.74) is 1.12. The van der Waals surface area contributed by atoms with Crippen molar-refractivity contribution in [2.75, 3.05) is 7.05 Å². The van der Waals surface area contributed by atoms with Crippen LogP contribution in [-0.4, -0.2) is 19.2 Å². The Morgan fingerprint density at radius 2 is 2.00 bits per heavy atom. The van der Waals surface area contributed by atoms with Gasteiger partial charge < -0.3 is 5.32 Å². The Kier molecular flexibility index (Phi) is 5.19. The van der Waals surface area contributed by atoms with Gasteiger partial charge in [-0.1, -0.05) is 13.2 Å². The minimum Gasteiger partial charge on any atom is -0.347 e. The number of rotatable bonds is 5. The molecule has 70 valence electrons. The second-order valence-corrected chi connectivity index (χ2v) is 2.47. The van der Waals surface area contributed by atoms with E-state index >= 15 is 0 Å². The molecule has 0 rings (SSSR count). The molecule has 0 radical (unpaired) electrons. The fraction of sp³-hybridized carbons (Fsp3) is 0.200. The van der Waals surface area contributed by atoms with Crippen molar-refractivity contribution in [2.24, 2.45) is 4.99 Å². The summed E-state index contributed by atoms with van der Waals surface area (Å²) in [6, 6.07) is 0. The summed E-state index contributed by atoms with van der Waals surface area (Å²) in [5.74, 6) is -0.0480. The number of Topliss-reactive ketones (excluding diaryl/α,β-unsaturated/α-hetero) is 1. The first kappa shape index (κ1) is 11.4. The second-order valence-electron chi connectivity index (χ2n) is 2.47. The van der Waals surface area contributed by atoms with Crippen LogP contribution in [0, 0.1) is 0 Å². The summed E-state index contributed by atoms with van der Waals surface area (Å²) in [6.45, 7) is 8.72. The highest BCUT2D eigenvalue weighted by molar-refractivity contribution is 5.95. The van der Waals surface area contributed by atoms with Crippen LogP contribution in [0.1, 0.15) is 6.92 Å². The van der Waals surface area contributed by atoms with Gasteiger partial charge in [0, 0.05) is 18.3 Å². The van der Waals surface area contributed by atoms with Gasteiger partial charge in [0.05, 0.1) is 6.34 Å². The molecule has 0 bridgehead atoms. The molecule has 0 unspecified atom stereocenters. The molecule has 0 saturated carbocycles. The topological polar surface area (TPSA) is 41.5 Å². The maximum absolute atomic E-state index is 10.7. The Morgan fingerprint density at radius 1 is 1.38 bits per heavy atom. The van der Waals surface area contributed by atoms with Gasteiger partial charge >= 0.3 is 0 Å². The fourth-order valence-corrected chi connectivity index (χ4v) is 0.514.